The zero-order valence-corrected chi connectivity index (χ0v) is 13.4. The van der Waals surface area contributed by atoms with E-state index >= 15 is 0 Å². The minimum absolute atomic E-state index is 0.0186. The zero-order chi connectivity index (χ0) is 16.0. The lowest BCUT2D eigenvalue weighted by atomic mass is 10.1. The van der Waals surface area contributed by atoms with Crippen molar-refractivity contribution in [2.75, 3.05) is 0 Å². The lowest BCUT2D eigenvalue weighted by Crippen LogP contribution is -2.45. The summed E-state index contributed by atoms with van der Waals surface area (Å²) in [6, 6.07) is -0.847. The molecule has 21 heavy (non-hydrogen) atoms. The maximum absolute atomic E-state index is 11.7. The van der Waals surface area contributed by atoms with E-state index in [1.165, 1.54) is 0 Å². The summed E-state index contributed by atoms with van der Waals surface area (Å²) in [6.45, 7) is 7.34. The van der Waals surface area contributed by atoms with E-state index in [1.54, 1.807) is 20.8 Å². The largest absolute Gasteiger partial charge is 0.480 e. The highest BCUT2D eigenvalue weighted by molar-refractivity contribution is 5.80. The van der Waals surface area contributed by atoms with Gasteiger partial charge in [0.15, 0.2) is 0 Å². The van der Waals surface area contributed by atoms with Crippen LogP contribution in [0.2, 0.25) is 0 Å². The summed E-state index contributed by atoms with van der Waals surface area (Å²) in [4.78, 5) is 23.0. The molecule has 0 bridgehead atoms. The van der Waals surface area contributed by atoms with Crippen molar-refractivity contribution in [3.05, 3.63) is 12.2 Å². The van der Waals surface area contributed by atoms with Crippen molar-refractivity contribution in [2.24, 2.45) is 11.8 Å². The number of allylic oxidation sites excluding steroid dienone is 2. The molecule has 2 N–H and O–H groups in total. The van der Waals surface area contributed by atoms with Crippen molar-refractivity contribution in [2.45, 2.75) is 65.0 Å². The van der Waals surface area contributed by atoms with Crippen molar-refractivity contribution in [1.29, 1.82) is 0 Å². The second-order valence-electron chi connectivity index (χ2n) is 6.58. The molecular formula is C16H27NO4. The van der Waals surface area contributed by atoms with Crippen LogP contribution in [-0.4, -0.2) is 28.8 Å². The number of rotatable bonds is 7. The molecular weight excluding hydrogens is 270 g/mol. The molecule has 1 amide bonds. The summed E-state index contributed by atoms with van der Waals surface area (Å²) >= 11 is 0. The summed E-state index contributed by atoms with van der Waals surface area (Å²) in [5, 5.41) is 11.8. The van der Waals surface area contributed by atoms with Crippen LogP contribution in [-0.2, 0) is 9.53 Å². The fourth-order valence-corrected chi connectivity index (χ4v) is 2.39. The number of amides is 1. The lowest BCUT2D eigenvalue weighted by Gasteiger charge is -2.22. The molecule has 0 spiro atoms. The molecule has 1 fully saturated rings. The average molecular weight is 297 g/mol. The summed E-state index contributed by atoms with van der Waals surface area (Å²) in [5.74, 6) is -0.593. The molecule has 5 heteroatoms. The fourth-order valence-electron chi connectivity index (χ4n) is 2.39. The van der Waals surface area contributed by atoms with Gasteiger partial charge in [0, 0.05) is 0 Å². The van der Waals surface area contributed by atoms with Crippen LogP contribution in [0.25, 0.3) is 0 Å². The van der Waals surface area contributed by atoms with Gasteiger partial charge in [-0.15, -0.1) is 0 Å². The van der Waals surface area contributed by atoms with Crippen molar-refractivity contribution in [3.63, 3.8) is 0 Å². The number of ether oxygens (including phenoxy) is 1. The topological polar surface area (TPSA) is 75.6 Å². The van der Waals surface area contributed by atoms with Crippen LogP contribution in [0.5, 0.6) is 0 Å². The van der Waals surface area contributed by atoms with Crippen LogP contribution in [0.1, 0.15) is 53.4 Å². The van der Waals surface area contributed by atoms with E-state index in [2.05, 4.69) is 24.4 Å². The predicted octanol–water partition coefficient (Wildman–Crippen LogP) is 3.35. The summed E-state index contributed by atoms with van der Waals surface area (Å²) < 4.78 is 5.12. The summed E-state index contributed by atoms with van der Waals surface area (Å²) in [5.41, 5.74) is -0.624. The third kappa shape index (κ3) is 6.65. The first kappa shape index (κ1) is 17.5. The molecule has 1 aliphatic carbocycles. The number of carboxylic acids is 1. The molecule has 3 atom stereocenters. The maximum Gasteiger partial charge on any atom is 0.408 e. The van der Waals surface area contributed by atoms with Crippen LogP contribution in [0, 0.1) is 11.8 Å². The average Bonchev–Trinajstić information content (AvgIpc) is 3.08. The van der Waals surface area contributed by atoms with Crippen molar-refractivity contribution < 1.29 is 19.4 Å². The van der Waals surface area contributed by atoms with Gasteiger partial charge in [-0.2, -0.15) is 0 Å². The Kier molecular flexibility index (Phi) is 6.24. The van der Waals surface area contributed by atoms with Crippen LogP contribution in [0.3, 0.4) is 0 Å². The third-order valence-electron chi connectivity index (χ3n) is 3.45. The molecule has 1 rings (SSSR count). The molecule has 3 unspecified atom stereocenters. The van der Waals surface area contributed by atoms with Gasteiger partial charge in [0.2, 0.25) is 0 Å². The van der Waals surface area contributed by atoms with Gasteiger partial charge in [0.25, 0.3) is 0 Å². The first-order valence-corrected chi connectivity index (χ1v) is 7.62. The van der Waals surface area contributed by atoms with E-state index in [1.807, 2.05) is 0 Å². The Bertz CT molecular complexity index is 398. The second-order valence-corrected chi connectivity index (χ2v) is 6.58. The molecule has 0 radical (unpaired) electrons. The number of carboxylic acid groups (broad SMARTS) is 1. The molecule has 1 aliphatic rings. The van der Waals surface area contributed by atoms with Gasteiger partial charge in [0.1, 0.15) is 11.6 Å². The zero-order valence-electron chi connectivity index (χ0n) is 13.4. The highest BCUT2D eigenvalue weighted by Gasteiger charge is 2.46. The summed E-state index contributed by atoms with van der Waals surface area (Å²) in [6.07, 6.45) is 7.40. The predicted molar refractivity (Wildman–Crippen MR) is 81.1 cm³/mol. The SMILES string of the molecule is CCC=CCCC1CC1C(NC(=O)OC(C)(C)C)C(=O)O. The van der Waals surface area contributed by atoms with Gasteiger partial charge in [0.05, 0.1) is 0 Å². The molecule has 0 saturated heterocycles. The molecule has 0 aliphatic heterocycles. The number of nitrogens with one attached hydrogen (secondary N) is 1. The lowest BCUT2D eigenvalue weighted by molar-refractivity contribution is -0.140. The number of carbonyl (C=O) groups excluding carboxylic acids is 1. The maximum atomic E-state index is 11.7. The van der Waals surface area contributed by atoms with E-state index in [0.717, 1.165) is 25.7 Å². The molecule has 0 aromatic rings. The highest BCUT2D eigenvalue weighted by atomic mass is 16.6. The van der Waals surface area contributed by atoms with Crippen LogP contribution in [0.4, 0.5) is 4.79 Å². The van der Waals surface area contributed by atoms with Gasteiger partial charge < -0.3 is 15.2 Å². The van der Waals surface area contributed by atoms with Crippen LogP contribution < -0.4 is 5.32 Å². The Hall–Kier alpha value is -1.52. The van der Waals surface area contributed by atoms with E-state index in [9.17, 15) is 14.7 Å². The fraction of sp³-hybridized carbons (Fsp3) is 0.750. The van der Waals surface area contributed by atoms with E-state index in [0.29, 0.717) is 5.92 Å². The molecule has 1 saturated carbocycles. The summed E-state index contributed by atoms with van der Waals surface area (Å²) in [7, 11) is 0. The first-order valence-electron chi connectivity index (χ1n) is 7.62. The van der Waals surface area contributed by atoms with Crippen molar-refractivity contribution in [3.8, 4) is 0 Å². The van der Waals surface area contributed by atoms with E-state index in [-0.39, 0.29) is 5.92 Å². The Morgan fingerprint density at radius 1 is 1.38 bits per heavy atom. The number of hydrogen-bond donors (Lipinski definition) is 2. The Morgan fingerprint density at radius 3 is 2.57 bits per heavy atom. The number of alkyl carbamates (subject to hydrolysis) is 1. The minimum Gasteiger partial charge on any atom is -0.480 e. The van der Waals surface area contributed by atoms with Gasteiger partial charge in [-0.1, -0.05) is 19.1 Å². The molecule has 0 aromatic carbocycles. The minimum atomic E-state index is -0.988. The van der Waals surface area contributed by atoms with Gasteiger partial charge in [-0.25, -0.2) is 9.59 Å². The van der Waals surface area contributed by atoms with Gasteiger partial charge >= 0.3 is 12.1 Å². The molecule has 0 heterocycles. The smallest absolute Gasteiger partial charge is 0.408 e. The number of hydrogen-bond acceptors (Lipinski definition) is 3. The Labute approximate surface area is 126 Å². The first-order chi connectivity index (χ1) is 9.74. The number of carbonyl (C=O) groups is 2. The molecule has 120 valence electrons. The Morgan fingerprint density at radius 2 is 2.05 bits per heavy atom. The van der Waals surface area contributed by atoms with Crippen LogP contribution in [0.15, 0.2) is 12.2 Å². The molecule has 5 nitrogen and oxygen atoms in total. The van der Waals surface area contributed by atoms with Crippen molar-refractivity contribution >= 4 is 12.1 Å². The monoisotopic (exact) mass is 297 g/mol. The molecule has 0 aromatic heterocycles. The van der Waals surface area contributed by atoms with Crippen molar-refractivity contribution in [1.82, 2.24) is 5.32 Å². The van der Waals surface area contributed by atoms with E-state index < -0.39 is 23.7 Å². The van der Waals surface area contributed by atoms with E-state index in [4.69, 9.17) is 4.74 Å². The standard InChI is InChI=1S/C16H27NO4/c1-5-6-7-8-9-11-10-12(11)13(14(18)19)17-15(20)21-16(2,3)4/h6-7,11-13H,5,8-10H2,1-4H3,(H,17,20)(H,18,19). The van der Waals surface area contributed by atoms with Gasteiger partial charge in [-0.3, -0.25) is 0 Å². The highest BCUT2D eigenvalue weighted by Crippen LogP contribution is 2.44. The van der Waals surface area contributed by atoms with Crippen LogP contribution >= 0.6 is 0 Å². The second kappa shape index (κ2) is 7.48. The number of aliphatic carboxylic acids is 1. The quantitative estimate of drug-likeness (QED) is 0.707. The third-order valence-corrected chi connectivity index (χ3v) is 3.45. The Balaban J connectivity index is 2.44. The van der Waals surface area contributed by atoms with Gasteiger partial charge in [-0.05, 0) is 58.3 Å². The normalized spacial score (nSPS) is 22.9.